The summed E-state index contributed by atoms with van der Waals surface area (Å²) in [5.41, 5.74) is 0.766. The lowest BCUT2D eigenvalue weighted by Gasteiger charge is -2.11. The van der Waals surface area contributed by atoms with Crippen LogP contribution in [0.4, 0.5) is 0 Å². The van der Waals surface area contributed by atoms with E-state index in [9.17, 15) is 0 Å². The molecule has 0 saturated heterocycles. The molecular weight excluding hydrogens is 216 g/mol. The molecule has 0 spiro atoms. The van der Waals surface area contributed by atoms with Crippen molar-refractivity contribution in [1.29, 1.82) is 0 Å². The highest BCUT2D eigenvalue weighted by molar-refractivity contribution is 6.29. The quantitative estimate of drug-likeness (QED) is 0.751. The Bertz CT molecular complexity index is 279. The summed E-state index contributed by atoms with van der Waals surface area (Å²) in [6.07, 6.45) is 0.0578. The zero-order valence-electron chi connectivity index (χ0n) is 8.94. The Hall–Kier alpha value is -0.710. The number of aromatic nitrogens is 2. The normalized spacial score (nSPS) is 12.7. The van der Waals surface area contributed by atoms with E-state index in [0.29, 0.717) is 25.0 Å². The van der Waals surface area contributed by atoms with Gasteiger partial charge in [-0.05, 0) is 26.0 Å². The number of ether oxygens (including phenoxy) is 2. The number of hydrogen-bond acceptors (Lipinski definition) is 4. The summed E-state index contributed by atoms with van der Waals surface area (Å²) in [7, 11) is 0. The molecule has 1 unspecified atom stereocenters. The summed E-state index contributed by atoms with van der Waals surface area (Å²) in [5.74, 6) is 0. The van der Waals surface area contributed by atoms with Gasteiger partial charge < -0.3 is 9.47 Å². The molecule has 0 amide bonds. The maximum Gasteiger partial charge on any atom is 0.151 e. The summed E-state index contributed by atoms with van der Waals surface area (Å²) in [5, 5.41) is 8.00. The van der Waals surface area contributed by atoms with E-state index in [4.69, 9.17) is 21.1 Å². The molecule has 0 radical (unpaired) electrons. The Morgan fingerprint density at radius 2 is 2.20 bits per heavy atom. The Labute approximate surface area is 94.6 Å². The predicted molar refractivity (Wildman–Crippen MR) is 57.8 cm³/mol. The van der Waals surface area contributed by atoms with Gasteiger partial charge in [-0.1, -0.05) is 11.6 Å². The largest absolute Gasteiger partial charge is 0.379 e. The molecule has 0 saturated carbocycles. The van der Waals surface area contributed by atoms with Gasteiger partial charge in [0.2, 0.25) is 0 Å². The van der Waals surface area contributed by atoms with Crippen molar-refractivity contribution in [3.05, 3.63) is 23.0 Å². The highest BCUT2D eigenvalue weighted by Gasteiger charge is 2.03. The molecule has 15 heavy (non-hydrogen) atoms. The van der Waals surface area contributed by atoms with Gasteiger partial charge in [-0.25, -0.2) is 0 Å². The molecule has 84 valence electrons. The van der Waals surface area contributed by atoms with Gasteiger partial charge in [0.05, 0.1) is 25.0 Å². The van der Waals surface area contributed by atoms with Crippen LogP contribution in [0.5, 0.6) is 0 Å². The lowest BCUT2D eigenvalue weighted by Crippen LogP contribution is -2.16. The first kappa shape index (κ1) is 12.4. The van der Waals surface area contributed by atoms with Crippen LogP contribution in [0, 0.1) is 0 Å². The van der Waals surface area contributed by atoms with Crippen LogP contribution in [0.15, 0.2) is 12.1 Å². The third-order valence-corrected chi connectivity index (χ3v) is 1.96. The van der Waals surface area contributed by atoms with Crippen molar-refractivity contribution >= 4 is 11.6 Å². The van der Waals surface area contributed by atoms with Crippen molar-refractivity contribution in [3.8, 4) is 0 Å². The topological polar surface area (TPSA) is 44.2 Å². The molecule has 0 bridgehead atoms. The van der Waals surface area contributed by atoms with Crippen molar-refractivity contribution in [2.75, 3.05) is 13.2 Å². The first-order valence-corrected chi connectivity index (χ1v) is 5.27. The summed E-state index contributed by atoms with van der Waals surface area (Å²) in [6.45, 7) is 5.64. The molecule has 0 aromatic carbocycles. The Morgan fingerprint density at radius 3 is 2.80 bits per heavy atom. The van der Waals surface area contributed by atoms with Crippen LogP contribution in [0.1, 0.15) is 19.5 Å². The van der Waals surface area contributed by atoms with Crippen LogP contribution in [0.25, 0.3) is 0 Å². The minimum atomic E-state index is 0.0578. The van der Waals surface area contributed by atoms with Crippen LogP contribution >= 0.6 is 11.6 Å². The molecule has 4 nitrogen and oxygen atoms in total. The molecule has 0 aliphatic rings. The van der Waals surface area contributed by atoms with E-state index in [1.165, 1.54) is 0 Å². The molecule has 0 aliphatic heterocycles. The van der Waals surface area contributed by atoms with Crippen LogP contribution in [0.2, 0.25) is 5.15 Å². The van der Waals surface area contributed by atoms with Gasteiger partial charge in [0.25, 0.3) is 0 Å². The summed E-state index contributed by atoms with van der Waals surface area (Å²) < 4.78 is 10.7. The van der Waals surface area contributed by atoms with Gasteiger partial charge >= 0.3 is 0 Å². The smallest absolute Gasteiger partial charge is 0.151 e. The van der Waals surface area contributed by atoms with E-state index >= 15 is 0 Å². The number of halogens is 1. The monoisotopic (exact) mass is 230 g/mol. The van der Waals surface area contributed by atoms with Crippen molar-refractivity contribution in [1.82, 2.24) is 10.2 Å². The van der Waals surface area contributed by atoms with E-state index in [0.717, 1.165) is 5.69 Å². The molecular formula is C10H15ClN2O2. The fourth-order valence-electron chi connectivity index (χ4n) is 0.980. The summed E-state index contributed by atoms with van der Waals surface area (Å²) in [4.78, 5) is 0. The van der Waals surface area contributed by atoms with E-state index in [2.05, 4.69) is 10.2 Å². The highest BCUT2D eigenvalue weighted by atomic mass is 35.5. The lowest BCUT2D eigenvalue weighted by molar-refractivity contribution is -0.0129. The van der Waals surface area contributed by atoms with E-state index < -0.39 is 0 Å². The van der Waals surface area contributed by atoms with Gasteiger partial charge in [0.1, 0.15) is 0 Å². The van der Waals surface area contributed by atoms with Crippen molar-refractivity contribution in [2.45, 2.75) is 26.6 Å². The van der Waals surface area contributed by atoms with E-state index in [1.54, 1.807) is 12.1 Å². The second kappa shape index (κ2) is 6.71. The van der Waals surface area contributed by atoms with Crippen LogP contribution in [-0.2, 0) is 16.1 Å². The number of rotatable bonds is 6. The number of nitrogens with zero attached hydrogens (tertiary/aromatic N) is 2. The molecule has 1 heterocycles. The maximum absolute atomic E-state index is 5.61. The molecule has 1 aromatic rings. The second-order valence-electron chi connectivity index (χ2n) is 3.13. The Kier molecular flexibility index (Phi) is 5.53. The lowest BCUT2D eigenvalue weighted by atomic mass is 10.4. The maximum atomic E-state index is 5.61. The second-order valence-corrected chi connectivity index (χ2v) is 3.52. The number of hydrogen-bond donors (Lipinski definition) is 0. The van der Waals surface area contributed by atoms with Gasteiger partial charge in [0.15, 0.2) is 5.15 Å². The van der Waals surface area contributed by atoms with Gasteiger partial charge in [-0.2, -0.15) is 5.10 Å². The van der Waals surface area contributed by atoms with Crippen LogP contribution in [0.3, 0.4) is 0 Å². The zero-order chi connectivity index (χ0) is 11.1. The highest BCUT2D eigenvalue weighted by Crippen LogP contribution is 2.04. The standard InChI is InChI=1S/C10H15ClN2O2/c1-3-14-6-8(2)15-7-9-4-5-10(11)13-12-9/h4-5,8H,3,6-7H2,1-2H3. The van der Waals surface area contributed by atoms with Crippen molar-refractivity contribution in [2.24, 2.45) is 0 Å². The minimum Gasteiger partial charge on any atom is -0.379 e. The molecule has 1 aromatic heterocycles. The van der Waals surface area contributed by atoms with E-state index in [-0.39, 0.29) is 6.10 Å². The summed E-state index contributed by atoms with van der Waals surface area (Å²) >= 11 is 5.61. The molecule has 5 heteroatoms. The fourth-order valence-corrected chi connectivity index (χ4v) is 1.08. The average Bonchev–Trinajstić information content (AvgIpc) is 2.25. The average molecular weight is 231 g/mol. The van der Waals surface area contributed by atoms with Gasteiger partial charge in [-0.15, -0.1) is 5.10 Å². The zero-order valence-corrected chi connectivity index (χ0v) is 9.70. The molecule has 1 atom stereocenters. The summed E-state index contributed by atoms with van der Waals surface area (Å²) in [6, 6.07) is 3.49. The molecule has 0 fully saturated rings. The van der Waals surface area contributed by atoms with Crippen molar-refractivity contribution in [3.63, 3.8) is 0 Å². The first-order valence-electron chi connectivity index (χ1n) is 4.89. The predicted octanol–water partition coefficient (Wildman–Crippen LogP) is 2.07. The van der Waals surface area contributed by atoms with Crippen molar-refractivity contribution < 1.29 is 9.47 Å². The van der Waals surface area contributed by atoms with Crippen LogP contribution < -0.4 is 0 Å². The minimum absolute atomic E-state index is 0.0578. The molecule has 1 rings (SSSR count). The van der Waals surface area contributed by atoms with Crippen LogP contribution in [-0.4, -0.2) is 29.5 Å². The SMILES string of the molecule is CCOCC(C)OCc1ccc(Cl)nn1. The molecule has 0 N–H and O–H groups in total. The van der Waals surface area contributed by atoms with Gasteiger partial charge in [0, 0.05) is 6.61 Å². The fraction of sp³-hybridized carbons (Fsp3) is 0.600. The third-order valence-electron chi connectivity index (χ3n) is 1.76. The first-order chi connectivity index (χ1) is 7.22. The Morgan fingerprint density at radius 1 is 1.40 bits per heavy atom. The molecule has 0 aliphatic carbocycles. The Balaban J connectivity index is 2.27. The van der Waals surface area contributed by atoms with E-state index in [1.807, 2.05) is 13.8 Å². The third kappa shape index (κ3) is 5.06. The van der Waals surface area contributed by atoms with Gasteiger partial charge in [-0.3, -0.25) is 0 Å².